The Labute approximate surface area is 219 Å². The molecule has 1 unspecified atom stereocenters. The highest BCUT2D eigenvalue weighted by Crippen LogP contribution is 2.36. The molecule has 4 rings (SSSR count). The number of alkyl halides is 3. The number of aromatic nitrogens is 3. The molecule has 1 aliphatic heterocycles. The maximum Gasteiger partial charge on any atom is 0.449 e. The number of pyridine rings is 1. The van der Waals surface area contributed by atoms with Crippen LogP contribution in [0.4, 0.5) is 32.2 Å². The molecular weight excluding hydrogens is 530 g/mol. The maximum atomic E-state index is 13.9. The summed E-state index contributed by atoms with van der Waals surface area (Å²) in [6.07, 6.45) is -3.06. The Balaban J connectivity index is 0.00000134. The first-order chi connectivity index (χ1) is 18.4. The first-order valence-corrected chi connectivity index (χ1v) is 11.8. The van der Waals surface area contributed by atoms with Crippen LogP contribution in [0.2, 0.25) is 0 Å². The zero-order chi connectivity index (χ0) is 28.9. The van der Waals surface area contributed by atoms with E-state index in [1.54, 1.807) is 19.2 Å². The molecule has 0 saturated heterocycles. The smallest absolute Gasteiger partial charge is 0.373 e. The van der Waals surface area contributed by atoms with Crippen LogP contribution < -0.4 is 11.1 Å². The molecule has 14 heteroatoms. The van der Waals surface area contributed by atoms with Crippen LogP contribution in [0.5, 0.6) is 0 Å². The van der Waals surface area contributed by atoms with Crippen molar-refractivity contribution >= 4 is 18.0 Å². The fraction of sp³-hybridized carbons (Fsp3) is 0.360. The van der Waals surface area contributed by atoms with Crippen molar-refractivity contribution in [1.82, 2.24) is 19.4 Å². The van der Waals surface area contributed by atoms with Gasteiger partial charge in [0, 0.05) is 50.4 Å². The minimum absolute atomic E-state index is 0.0199. The number of benzene rings is 1. The third-order valence-electron chi connectivity index (χ3n) is 5.91. The van der Waals surface area contributed by atoms with Gasteiger partial charge in [-0.2, -0.15) is 13.2 Å². The summed E-state index contributed by atoms with van der Waals surface area (Å²) in [5.41, 5.74) is 6.39. The molecule has 1 aromatic carbocycles. The molecule has 0 aliphatic carbocycles. The summed E-state index contributed by atoms with van der Waals surface area (Å²) < 4.78 is 82.6. The molecule has 0 fully saturated rings. The van der Waals surface area contributed by atoms with Gasteiger partial charge in [0.2, 0.25) is 11.7 Å². The molecule has 3 aromatic rings. The lowest BCUT2D eigenvalue weighted by Gasteiger charge is -2.30. The van der Waals surface area contributed by atoms with Gasteiger partial charge in [-0.05, 0) is 37.1 Å². The van der Waals surface area contributed by atoms with Crippen LogP contribution in [-0.2, 0) is 35.3 Å². The second-order valence-corrected chi connectivity index (χ2v) is 8.64. The van der Waals surface area contributed by atoms with Crippen LogP contribution in [0.1, 0.15) is 30.4 Å². The minimum Gasteiger partial charge on any atom is -0.373 e. The number of hydrogen-bond donors (Lipinski definition) is 2. The lowest BCUT2D eigenvalue weighted by Crippen LogP contribution is -2.42. The summed E-state index contributed by atoms with van der Waals surface area (Å²) >= 11 is 0. The van der Waals surface area contributed by atoms with Crippen LogP contribution >= 0.6 is 0 Å². The van der Waals surface area contributed by atoms with Crippen molar-refractivity contribution in [2.45, 2.75) is 45.1 Å². The molecule has 3 N–H and O–H groups in total. The molecule has 2 aromatic heterocycles. The summed E-state index contributed by atoms with van der Waals surface area (Å²) in [6.45, 7) is 1.13. The molecule has 0 spiro atoms. The fourth-order valence-corrected chi connectivity index (χ4v) is 4.14. The van der Waals surface area contributed by atoms with E-state index in [1.807, 2.05) is 0 Å². The highest BCUT2D eigenvalue weighted by molar-refractivity contribution is 5.77. The third kappa shape index (κ3) is 6.93. The van der Waals surface area contributed by atoms with Crippen LogP contribution in [0.25, 0.3) is 11.3 Å². The zero-order valence-corrected chi connectivity index (χ0v) is 21.0. The molecule has 1 aliphatic rings. The van der Waals surface area contributed by atoms with Crippen LogP contribution in [0.15, 0.2) is 30.5 Å². The number of imidazole rings is 1. The van der Waals surface area contributed by atoms with Gasteiger partial charge in [0.1, 0.15) is 17.9 Å². The van der Waals surface area contributed by atoms with Crippen molar-refractivity contribution in [3.05, 3.63) is 65.0 Å². The second-order valence-electron chi connectivity index (χ2n) is 8.64. The molecular formula is C25H26F6N6O2. The molecule has 39 heavy (non-hydrogen) atoms. The SMILES string of the molecule is CC=O.CNc1ccc(-c2nc(C(F)(F)F)n3c2CN(C(=O)CC(N)Cc2cc(F)c(F)cc2F)CC3)cn1. The highest BCUT2D eigenvalue weighted by atomic mass is 19.4. The summed E-state index contributed by atoms with van der Waals surface area (Å²) in [4.78, 5) is 31.0. The molecule has 0 radical (unpaired) electrons. The van der Waals surface area contributed by atoms with Gasteiger partial charge in [-0.15, -0.1) is 0 Å². The largest absolute Gasteiger partial charge is 0.449 e. The number of hydrogen-bond acceptors (Lipinski definition) is 6. The number of nitrogens with zero attached hydrogens (tertiary/aromatic N) is 4. The monoisotopic (exact) mass is 556 g/mol. The lowest BCUT2D eigenvalue weighted by molar-refractivity contribution is -0.148. The highest BCUT2D eigenvalue weighted by Gasteiger charge is 2.41. The van der Waals surface area contributed by atoms with Gasteiger partial charge < -0.3 is 25.3 Å². The number of aldehydes is 1. The summed E-state index contributed by atoms with van der Waals surface area (Å²) in [5.74, 6) is -4.58. The second kappa shape index (κ2) is 12.3. The van der Waals surface area contributed by atoms with Crippen molar-refractivity contribution in [1.29, 1.82) is 0 Å². The van der Waals surface area contributed by atoms with E-state index in [1.165, 1.54) is 18.0 Å². The Hall–Kier alpha value is -3.94. The van der Waals surface area contributed by atoms with Gasteiger partial charge in [-0.3, -0.25) is 4.79 Å². The molecule has 1 amide bonds. The van der Waals surface area contributed by atoms with E-state index < -0.39 is 41.4 Å². The zero-order valence-electron chi connectivity index (χ0n) is 21.0. The van der Waals surface area contributed by atoms with Crippen molar-refractivity contribution in [3.8, 4) is 11.3 Å². The molecule has 1 atom stereocenters. The van der Waals surface area contributed by atoms with Crippen LogP contribution in [0, 0.1) is 17.5 Å². The van der Waals surface area contributed by atoms with Gasteiger partial charge >= 0.3 is 6.18 Å². The Morgan fingerprint density at radius 2 is 1.82 bits per heavy atom. The number of nitrogens with one attached hydrogen (secondary N) is 1. The van der Waals surface area contributed by atoms with Gasteiger partial charge in [0.25, 0.3) is 0 Å². The average molecular weight is 557 g/mol. The number of rotatable bonds is 6. The number of fused-ring (bicyclic) bond motifs is 1. The van der Waals surface area contributed by atoms with Gasteiger partial charge in [-0.1, -0.05) is 0 Å². The molecule has 210 valence electrons. The van der Waals surface area contributed by atoms with E-state index in [0.717, 1.165) is 10.9 Å². The lowest BCUT2D eigenvalue weighted by atomic mass is 10.0. The number of nitrogens with two attached hydrogens (primary N) is 1. The minimum atomic E-state index is -4.70. The Bertz CT molecular complexity index is 1330. The van der Waals surface area contributed by atoms with Gasteiger partial charge in [-0.25, -0.2) is 23.1 Å². The normalized spacial score (nSPS) is 13.7. The average Bonchev–Trinajstić information content (AvgIpc) is 3.27. The van der Waals surface area contributed by atoms with E-state index in [0.29, 0.717) is 23.5 Å². The van der Waals surface area contributed by atoms with E-state index in [9.17, 15) is 31.1 Å². The predicted octanol–water partition coefficient (Wildman–Crippen LogP) is 3.93. The topological polar surface area (TPSA) is 106 Å². The number of carbonyl (C=O) groups excluding carboxylic acids is 2. The summed E-state index contributed by atoms with van der Waals surface area (Å²) in [7, 11) is 1.65. The quantitative estimate of drug-likeness (QED) is 0.271. The van der Waals surface area contributed by atoms with E-state index in [4.69, 9.17) is 10.5 Å². The molecule has 3 heterocycles. The van der Waals surface area contributed by atoms with Gasteiger partial charge in [0.15, 0.2) is 11.6 Å². The van der Waals surface area contributed by atoms with Crippen LogP contribution in [-0.4, -0.2) is 51.3 Å². The maximum absolute atomic E-state index is 13.9. The summed E-state index contributed by atoms with van der Waals surface area (Å²) in [5, 5.41) is 2.82. The van der Waals surface area contributed by atoms with E-state index in [-0.39, 0.29) is 49.4 Å². The number of anilines is 1. The Morgan fingerprint density at radius 1 is 1.15 bits per heavy atom. The Morgan fingerprint density at radius 3 is 2.41 bits per heavy atom. The number of amides is 1. The first kappa shape index (κ1) is 29.6. The third-order valence-corrected chi connectivity index (χ3v) is 5.91. The van der Waals surface area contributed by atoms with Crippen molar-refractivity contribution < 1.29 is 35.9 Å². The van der Waals surface area contributed by atoms with Crippen molar-refractivity contribution in [3.63, 3.8) is 0 Å². The Kier molecular flexibility index (Phi) is 9.32. The molecule has 8 nitrogen and oxygen atoms in total. The number of halogens is 6. The van der Waals surface area contributed by atoms with Crippen molar-refractivity contribution in [2.24, 2.45) is 5.73 Å². The number of carbonyl (C=O) groups is 2. The standard InChI is InChI=1S/C23H22F6N6O.C2H4O/c1-31-19-3-2-12(10-32-19)21-18-11-34(4-5-35(18)22(33-21)23(27,28)29)20(36)8-14(30)6-13-7-16(25)17(26)9-15(13)24;1-2-3/h2-3,7,9-10,14H,4-6,8,11,30H2,1H3,(H,31,32);2H,1H3. The predicted molar refractivity (Wildman–Crippen MR) is 130 cm³/mol. The van der Waals surface area contributed by atoms with Gasteiger partial charge in [0.05, 0.1) is 17.9 Å². The van der Waals surface area contributed by atoms with Crippen LogP contribution in [0.3, 0.4) is 0 Å². The summed E-state index contributed by atoms with van der Waals surface area (Å²) in [6, 6.07) is 3.34. The van der Waals surface area contributed by atoms with Crippen molar-refractivity contribution in [2.75, 3.05) is 18.9 Å². The molecule has 0 bridgehead atoms. The van der Waals surface area contributed by atoms with E-state index >= 15 is 0 Å². The fourth-order valence-electron chi connectivity index (χ4n) is 4.14. The first-order valence-electron chi connectivity index (χ1n) is 11.8. The molecule has 0 saturated carbocycles. The van der Waals surface area contributed by atoms with E-state index in [2.05, 4.69) is 15.3 Å².